The van der Waals surface area contributed by atoms with E-state index in [1.165, 1.54) is 5.92 Å². The second-order valence-electron chi connectivity index (χ2n) is 1.71. The van der Waals surface area contributed by atoms with Crippen molar-refractivity contribution in [1.29, 1.82) is 0 Å². The highest BCUT2D eigenvalue weighted by Crippen LogP contribution is 2.10. The minimum atomic E-state index is 0.986. The quantitative estimate of drug-likeness (QED) is 0.487. The van der Waals surface area contributed by atoms with Gasteiger partial charge in [0.1, 0.15) is 0 Å². The van der Waals surface area contributed by atoms with Crippen LogP contribution in [-0.2, 0) is 0 Å². The minimum Gasteiger partial charge on any atom is -0.103 e. The van der Waals surface area contributed by atoms with E-state index >= 15 is 0 Å². The van der Waals surface area contributed by atoms with E-state index < -0.39 is 0 Å². The van der Waals surface area contributed by atoms with Gasteiger partial charge < -0.3 is 0 Å². The molecule has 0 aromatic carbocycles. The summed E-state index contributed by atoms with van der Waals surface area (Å²) in [5.74, 6) is 1.36. The summed E-state index contributed by atoms with van der Waals surface area (Å²) in [4.78, 5) is 0. The highest BCUT2D eigenvalue weighted by atomic mass is 14.0. The Kier molecular flexibility index (Phi) is 4.33. The summed E-state index contributed by atoms with van der Waals surface area (Å²) in [5, 5.41) is 0. The predicted octanol–water partition coefficient (Wildman–Crippen LogP) is 2.73. The van der Waals surface area contributed by atoms with Gasteiger partial charge in [-0.3, -0.25) is 0 Å². The third-order valence-corrected chi connectivity index (χ3v) is 1.15. The second-order valence-corrected chi connectivity index (χ2v) is 1.71. The molecule has 0 unspecified atom stereocenters. The van der Waals surface area contributed by atoms with E-state index in [1.807, 2.05) is 12.2 Å². The lowest BCUT2D eigenvalue weighted by Crippen LogP contribution is -1.85. The third kappa shape index (κ3) is 2.62. The smallest absolute Gasteiger partial charge is 0.000447 e. The van der Waals surface area contributed by atoms with Crippen molar-refractivity contribution in [2.24, 2.45) is 0 Å². The number of hydrogen-bond donors (Lipinski definition) is 0. The van der Waals surface area contributed by atoms with E-state index in [1.54, 1.807) is 0 Å². The fraction of sp³-hybridized carbons (Fsp3) is 0.375. The summed E-state index contributed by atoms with van der Waals surface area (Å²) in [5.41, 5.74) is 0. The minimum absolute atomic E-state index is 0.986. The van der Waals surface area contributed by atoms with Gasteiger partial charge in [-0.15, -0.1) is 13.2 Å². The summed E-state index contributed by atoms with van der Waals surface area (Å²) in [7, 11) is 0. The molecule has 0 aliphatic heterocycles. The normalized spacial score (nSPS) is 9.25. The van der Waals surface area contributed by atoms with Crippen molar-refractivity contribution >= 4 is 0 Å². The average Bonchev–Trinajstić information content (AvgIpc) is 1.83. The van der Waals surface area contributed by atoms with E-state index in [2.05, 4.69) is 20.1 Å². The van der Waals surface area contributed by atoms with Gasteiger partial charge in [-0.1, -0.05) is 19.1 Å². The largest absolute Gasteiger partial charge is 0.103 e. The Labute approximate surface area is 51.9 Å². The first-order valence-electron chi connectivity index (χ1n) is 2.93. The van der Waals surface area contributed by atoms with Gasteiger partial charge in [-0.25, -0.2) is 0 Å². The van der Waals surface area contributed by atoms with E-state index in [0.717, 1.165) is 12.8 Å². The SMILES string of the molecule is C=CC[C](C=C)CC. The predicted molar refractivity (Wildman–Crippen MR) is 38.5 cm³/mol. The van der Waals surface area contributed by atoms with Crippen LogP contribution < -0.4 is 0 Å². The Hall–Kier alpha value is -0.520. The zero-order valence-electron chi connectivity index (χ0n) is 5.48. The molecular formula is C8H13. The average molecular weight is 109 g/mol. The topological polar surface area (TPSA) is 0 Å². The lowest BCUT2D eigenvalue weighted by atomic mass is 10.0. The molecule has 1 radical (unpaired) electrons. The molecule has 0 rings (SSSR count). The molecular weight excluding hydrogens is 96.1 g/mol. The Morgan fingerprint density at radius 1 is 1.50 bits per heavy atom. The Bertz CT molecular complexity index is 72.1. The molecule has 45 valence electrons. The van der Waals surface area contributed by atoms with Crippen molar-refractivity contribution in [3.63, 3.8) is 0 Å². The molecule has 0 aromatic heterocycles. The molecule has 0 aliphatic rings. The standard InChI is InChI=1S/C8H13/c1-4-7-8(5-2)6-3/h4-5H,1-2,6-7H2,3H3. The van der Waals surface area contributed by atoms with Gasteiger partial charge in [0.25, 0.3) is 0 Å². The lowest BCUT2D eigenvalue weighted by Gasteiger charge is -2.01. The van der Waals surface area contributed by atoms with Crippen LogP contribution >= 0.6 is 0 Å². The molecule has 0 saturated heterocycles. The van der Waals surface area contributed by atoms with Crippen LogP contribution in [-0.4, -0.2) is 0 Å². The van der Waals surface area contributed by atoms with E-state index in [9.17, 15) is 0 Å². The van der Waals surface area contributed by atoms with Crippen molar-refractivity contribution in [3.8, 4) is 0 Å². The van der Waals surface area contributed by atoms with Crippen LogP contribution in [0.25, 0.3) is 0 Å². The Morgan fingerprint density at radius 2 is 2.12 bits per heavy atom. The zero-order valence-corrected chi connectivity index (χ0v) is 5.48. The third-order valence-electron chi connectivity index (χ3n) is 1.15. The summed E-state index contributed by atoms with van der Waals surface area (Å²) in [6.45, 7) is 9.42. The van der Waals surface area contributed by atoms with Crippen molar-refractivity contribution in [2.75, 3.05) is 0 Å². The van der Waals surface area contributed by atoms with Crippen LogP contribution in [0, 0.1) is 5.92 Å². The van der Waals surface area contributed by atoms with Crippen LogP contribution in [0.4, 0.5) is 0 Å². The summed E-state index contributed by atoms with van der Waals surface area (Å²) in [6, 6.07) is 0. The van der Waals surface area contributed by atoms with Gasteiger partial charge in [0.2, 0.25) is 0 Å². The van der Waals surface area contributed by atoms with Crippen LogP contribution in [0.15, 0.2) is 25.3 Å². The van der Waals surface area contributed by atoms with Gasteiger partial charge in [0, 0.05) is 5.92 Å². The molecule has 8 heavy (non-hydrogen) atoms. The molecule has 0 heterocycles. The van der Waals surface area contributed by atoms with E-state index in [-0.39, 0.29) is 0 Å². The number of hydrogen-bond acceptors (Lipinski definition) is 0. The fourth-order valence-electron chi connectivity index (χ4n) is 0.557. The monoisotopic (exact) mass is 109 g/mol. The highest BCUT2D eigenvalue weighted by Gasteiger charge is 1.95. The van der Waals surface area contributed by atoms with Crippen LogP contribution in [0.5, 0.6) is 0 Å². The maximum atomic E-state index is 3.67. The summed E-state index contributed by atoms with van der Waals surface area (Å²) >= 11 is 0. The first kappa shape index (κ1) is 7.48. The first-order chi connectivity index (χ1) is 3.85. The molecule has 0 N–H and O–H groups in total. The van der Waals surface area contributed by atoms with Crippen molar-refractivity contribution < 1.29 is 0 Å². The van der Waals surface area contributed by atoms with Gasteiger partial charge in [-0.2, -0.15) is 0 Å². The Balaban J connectivity index is 3.35. The molecule has 0 aromatic rings. The lowest BCUT2D eigenvalue weighted by molar-refractivity contribution is 0.920. The highest BCUT2D eigenvalue weighted by molar-refractivity contribution is 5.08. The van der Waals surface area contributed by atoms with Gasteiger partial charge in [0.15, 0.2) is 0 Å². The van der Waals surface area contributed by atoms with E-state index in [0.29, 0.717) is 0 Å². The van der Waals surface area contributed by atoms with Crippen LogP contribution in [0.2, 0.25) is 0 Å². The summed E-state index contributed by atoms with van der Waals surface area (Å²) in [6.07, 6.45) is 5.89. The van der Waals surface area contributed by atoms with Crippen molar-refractivity contribution in [1.82, 2.24) is 0 Å². The maximum Gasteiger partial charge on any atom is 0.000447 e. The maximum absolute atomic E-state index is 3.67. The number of rotatable bonds is 4. The van der Waals surface area contributed by atoms with Crippen LogP contribution in [0.1, 0.15) is 19.8 Å². The van der Waals surface area contributed by atoms with Crippen LogP contribution in [0.3, 0.4) is 0 Å². The molecule has 0 aliphatic carbocycles. The van der Waals surface area contributed by atoms with Gasteiger partial charge in [0.05, 0.1) is 0 Å². The molecule has 0 nitrogen and oxygen atoms in total. The first-order valence-corrected chi connectivity index (χ1v) is 2.93. The number of allylic oxidation sites excluding steroid dienone is 2. The second kappa shape index (κ2) is 4.63. The molecule has 0 fully saturated rings. The molecule has 0 bridgehead atoms. The summed E-state index contributed by atoms with van der Waals surface area (Å²) < 4.78 is 0. The van der Waals surface area contributed by atoms with E-state index in [4.69, 9.17) is 0 Å². The molecule has 0 heteroatoms. The van der Waals surface area contributed by atoms with Crippen molar-refractivity contribution in [3.05, 3.63) is 31.2 Å². The van der Waals surface area contributed by atoms with Gasteiger partial charge in [-0.05, 0) is 12.8 Å². The Morgan fingerprint density at radius 3 is 2.25 bits per heavy atom. The zero-order chi connectivity index (χ0) is 6.41. The fourth-order valence-corrected chi connectivity index (χ4v) is 0.557. The molecule has 0 saturated carbocycles. The molecule has 0 amide bonds. The van der Waals surface area contributed by atoms with Gasteiger partial charge >= 0.3 is 0 Å². The van der Waals surface area contributed by atoms with Crippen molar-refractivity contribution in [2.45, 2.75) is 19.8 Å². The molecule has 0 atom stereocenters. The molecule has 0 spiro atoms.